The molecule has 0 bridgehead atoms. The van der Waals surface area contributed by atoms with Gasteiger partial charge in [0.2, 0.25) is 5.75 Å². The number of piperazine rings is 1. The molecule has 146 valence electrons. The van der Waals surface area contributed by atoms with Crippen LogP contribution in [-0.2, 0) is 6.54 Å². The highest BCUT2D eigenvalue weighted by Gasteiger charge is 2.33. The van der Waals surface area contributed by atoms with Gasteiger partial charge in [-0.2, -0.15) is 0 Å². The van der Waals surface area contributed by atoms with Crippen LogP contribution in [-0.4, -0.2) is 72.6 Å². The van der Waals surface area contributed by atoms with Gasteiger partial charge in [0.25, 0.3) is 0 Å². The summed E-state index contributed by atoms with van der Waals surface area (Å²) in [4.78, 5) is 5.06. The number of ether oxygens (including phenoxy) is 2. The Kier molecular flexibility index (Phi) is 6.62. The monoisotopic (exact) mass is 364 g/mol. The molecule has 2 fully saturated rings. The van der Waals surface area contributed by atoms with E-state index in [2.05, 4.69) is 9.80 Å². The van der Waals surface area contributed by atoms with Crippen LogP contribution in [0.1, 0.15) is 37.7 Å². The van der Waals surface area contributed by atoms with Crippen LogP contribution in [0, 0.1) is 0 Å². The van der Waals surface area contributed by atoms with Crippen molar-refractivity contribution in [3.05, 3.63) is 17.7 Å². The second kappa shape index (κ2) is 8.93. The molecule has 0 spiro atoms. The molecule has 2 N–H and O–H groups in total. The van der Waals surface area contributed by atoms with E-state index in [0.29, 0.717) is 23.6 Å². The molecule has 0 aromatic heterocycles. The number of phenolic OH excluding ortho intramolecular Hbond substituents is 1. The highest BCUT2D eigenvalue weighted by Crippen LogP contribution is 2.37. The summed E-state index contributed by atoms with van der Waals surface area (Å²) in [6.07, 6.45) is 6.10. The number of rotatable bonds is 7. The van der Waals surface area contributed by atoms with Gasteiger partial charge in [-0.1, -0.05) is 12.8 Å². The predicted octanol–water partition coefficient (Wildman–Crippen LogP) is 2.22. The van der Waals surface area contributed by atoms with Crippen LogP contribution in [0.25, 0.3) is 0 Å². The molecule has 3 rings (SSSR count). The zero-order valence-corrected chi connectivity index (χ0v) is 16.0. The Morgan fingerprint density at radius 3 is 2.31 bits per heavy atom. The maximum absolute atomic E-state index is 10.1. The fourth-order valence-electron chi connectivity index (χ4n) is 4.50. The van der Waals surface area contributed by atoms with Crippen molar-refractivity contribution in [2.24, 2.45) is 0 Å². The molecule has 1 aromatic carbocycles. The topological polar surface area (TPSA) is 65.4 Å². The lowest BCUT2D eigenvalue weighted by atomic mass is 10.0. The number of hydrogen-bond acceptors (Lipinski definition) is 6. The fourth-order valence-corrected chi connectivity index (χ4v) is 4.50. The van der Waals surface area contributed by atoms with Crippen molar-refractivity contribution in [3.63, 3.8) is 0 Å². The second-order valence-corrected chi connectivity index (χ2v) is 7.43. The molecule has 1 atom stereocenters. The second-order valence-electron chi connectivity index (χ2n) is 7.43. The third-order valence-corrected chi connectivity index (χ3v) is 5.81. The summed E-state index contributed by atoms with van der Waals surface area (Å²) >= 11 is 0. The van der Waals surface area contributed by atoms with Gasteiger partial charge in [0, 0.05) is 44.9 Å². The molecule has 1 saturated heterocycles. The van der Waals surface area contributed by atoms with E-state index in [1.807, 2.05) is 12.1 Å². The number of aromatic hydroxyl groups is 1. The highest BCUT2D eigenvalue weighted by atomic mass is 16.5. The smallest absolute Gasteiger partial charge is 0.200 e. The van der Waals surface area contributed by atoms with Gasteiger partial charge >= 0.3 is 0 Å². The summed E-state index contributed by atoms with van der Waals surface area (Å²) in [5, 5.41) is 19.6. The van der Waals surface area contributed by atoms with Crippen molar-refractivity contribution in [1.29, 1.82) is 0 Å². The molecule has 0 amide bonds. The average Bonchev–Trinajstić information content (AvgIpc) is 3.18. The number of aliphatic hydroxyl groups excluding tert-OH is 1. The molecule has 1 saturated carbocycles. The number of methoxy groups -OCH3 is 2. The van der Waals surface area contributed by atoms with Gasteiger partial charge in [-0.25, -0.2) is 0 Å². The fraction of sp³-hybridized carbons (Fsp3) is 0.700. The van der Waals surface area contributed by atoms with E-state index < -0.39 is 0 Å². The first-order valence-electron chi connectivity index (χ1n) is 9.69. The first-order chi connectivity index (χ1) is 12.7. The molecule has 0 radical (unpaired) electrons. The standard InChI is InChI=1S/C20H32N2O4/c1-25-18-11-15(12-19(26-2)20(18)24)13-21-8-9-22(16-5-3-4-6-16)17(14-21)7-10-23/h11-12,16-17,23-24H,3-10,13-14H2,1-2H3. The Bertz CT molecular complexity index is 564. The normalized spacial score (nSPS) is 22.7. The Balaban J connectivity index is 1.69. The molecule has 1 aliphatic heterocycles. The summed E-state index contributed by atoms with van der Waals surface area (Å²) in [6.45, 7) is 4.06. The van der Waals surface area contributed by atoms with Gasteiger partial charge in [0.15, 0.2) is 11.5 Å². The molecule has 6 nitrogen and oxygen atoms in total. The SMILES string of the molecule is COc1cc(CN2CCN(C3CCCC3)C(CCO)C2)cc(OC)c1O. The Morgan fingerprint density at radius 1 is 1.08 bits per heavy atom. The molecular weight excluding hydrogens is 332 g/mol. The van der Waals surface area contributed by atoms with Crippen LogP contribution in [0.15, 0.2) is 12.1 Å². The molecule has 1 aromatic rings. The van der Waals surface area contributed by atoms with Crippen LogP contribution in [0.2, 0.25) is 0 Å². The summed E-state index contributed by atoms with van der Waals surface area (Å²) < 4.78 is 10.5. The van der Waals surface area contributed by atoms with Crippen LogP contribution < -0.4 is 9.47 Å². The molecule has 6 heteroatoms. The average molecular weight is 364 g/mol. The first-order valence-corrected chi connectivity index (χ1v) is 9.69. The Morgan fingerprint density at radius 2 is 1.73 bits per heavy atom. The molecule has 26 heavy (non-hydrogen) atoms. The third kappa shape index (κ3) is 4.24. The number of benzene rings is 1. The van der Waals surface area contributed by atoms with Crippen molar-refractivity contribution in [2.75, 3.05) is 40.5 Å². The quantitative estimate of drug-likeness (QED) is 0.773. The minimum atomic E-state index is 0.0444. The number of nitrogens with zero attached hydrogens (tertiary/aromatic N) is 2. The van der Waals surface area contributed by atoms with E-state index in [-0.39, 0.29) is 12.4 Å². The summed E-state index contributed by atoms with van der Waals surface area (Å²) in [5.41, 5.74) is 1.06. The number of hydrogen-bond donors (Lipinski definition) is 2. The van der Waals surface area contributed by atoms with Crippen molar-refractivity contribution >= 4 is 0 Å². The van der Waals surface area contributed by atoms with E-state index in [4.69, 9.17) is 9.47 Å². The maximum Gasteiger partial charge on any atom is 0.200 e. The zero-order valence-electron chi connectivity index (χ0n) is 16.0. The number of phenols is 1. The van der Waals surface area contributed by atoms with Gasteiger partial charge in [-0.05, 0) is 37.0 Å². The summed E-state index contributed by atoms with van der Waals surface area (Å²) in [6, 6.07) is 4.87. The summed E-state index contributed by atoms with van der Waals surface area (Å²) in [5.74, 6) is 0.926. The Hall–Kier alpha value is -1.50. The molecular formula is C20H32N2O4. The van der Waals surface area contributed by atoms with Crippen molar-refractivity contribution in [1.82, 2.24) is 9.80 Å². The van der Waals surface area contributed by atoms with E-state index >= 15 is 0 Å². The minimum absolute atomic E-state index is 0.0444. The van der Waals surface area contributed by atoms with E-state index in [1.54, 1.807) is 14.2 Å². The minimum Gasteiger partial charge on any atom is -0.502 e. The van der Waals surface area contributed by atoms with E-state index in [0.717, 1.165) is 38.2 Å². The van der Waals surface area contributed by atoms with Gasteiger partial charge in [-0.3, -0.25) is 9.80 Å². The van der Waals surface area contributed by atoms with Gasteiger partial charge in [-0.15, -0.1) is 0 Å². The van der Waals surface area contributed by atoms with Gasteiger partial charge in [0.05, 0.1) is 14.2 Å². The molecule has 2 aliphatic rings. The van der Waals surface area contributed by atoms with Crippen LogP contribution in [0.3, 0.4) is 0 Å². The lowest BCUT2D eigenvalue weighted by Gasteiger charge is -2.44. The lowest BCUT2D eigenvalue weighted by molar-refractivity contribution is 0.0267. The predicted molar refractivity (Wildman–Crippen MR) is 101 cm³/mol. The van der Waals surface area contributed by atoms with Gasteiger partial charge < -0.3 is 19.7 Å². The Labute approximate surface area is 156 Å². The van der Waals surface area contributed by atoms with E-state index in [9.17, 15) is 10.2 Å². The van der Waals surface area contributed by atoms with Crippen LogP contribution in [0.5, 0.6) is 17.2 Å². The van der Waals surface area contributed by atoms with Gasteiger partial charge in [0.1, 0.15) is 0 Å². The van der Waals surface area contributed by atoms with Crippen molar-refractivity contribution < 1.29 is 19.7 Å². The molecule has 1 aliphatic carbocycles. The van der Waals surface area contributed by atoms with Crippen molar-refractivity contribution in [2.45, 2.75) is 50.7 Å². The largest absolute Gasteiger partial charge is 0.502 e. The number of aliphatic hydroxyl groups is 1. The van der Waals surface area contributed by atoms with Crippen LogP contribution in [0.4, 0.5) is 0 Å². The van der Waals surface area contributed by atoms with Crippen molar-refractivity contribution in [3.8, 4) is 17.2 Å². The molecule has 1 unspecified atom stereocenters. The summed E-state index contributed by atoms with van der Waals surface area (Å²) in [7, 11) is 3.10. The lowest BCUT2D eigenvalue weighted by Crippen LogP contribution is -2.56. The maximum atomic E-state index is 10.1. The molecule has 1 heterocycles. The third-order valence-electron chi connectivity index (χ3n) is 5.81. The highest BCUT2D eigenvalue weighted by molar-refractivity contribution is 5.52. The first kappa shape index (κ1) is 19.3. The van der Waals surface area contributed by atoms with E-state index in [1.165, 1.54) is 25.7 Å². The zero-order chi connectivity index (χ0) is 18.5. The van der Waals surface area contributed by atoms with Crippen LogP contribution >= 0.6 is 0 Å².